The van der Waals surface area contributed by atoms with Crippen LogP contribution in [0.5, 0.6) is 11.5 Å². The van der Waals surface area contributed by atoms with Gasteiger partial charge in [-0.3, -0.25) is 4.79 Å². The van der Waals surface area contributed by atoms with Crippen LogP contribution in [0.1, 0.15) is 15.9 Å². The Labute approximate surface area is 122 Å². The highest BCUT2D eigenvalue weighted by atomic mass is 16.5. The van der Waals surface area contributed by atoms with Gasteiger partial charge in [0.05, 0.1) is 12.8 Å². The average molecular weight is 284 g/mol. The van der Waals surface area contributed by atoms with Gasteiger partial charge in [0.25, 0.3) is 5.91 Å². The van der Waals surface area contributed by atoms with Crippen molar-refractivity contribution in [1.29, 1.82) is 0 Å². The Hall–Kier alpha value is -2.69. The Kier molecular flexibility index (Phi) is 3.39. The van der Waals surface area contributed by atoms with Crippen LogP contribution >= 0.6 is 0 Å². The predicted octanol–water partition coefficient (Wildman–Crippen LogP) is 2.62. The van der Waals surface area contributed by atoms with E-state index in [-0.39, 0.29) is 11.7 Å². The summed E-state index contributed by atoms with van der Waals surface area (Å²) in [6, 6.07) is 10.3. The monoisotopic (exact) mass is 284 g/mol. The van der Waals surface area contributed by atoms with Gasteiger partial charge in [-0.05, 0) is 36.2 Å². The van der Waals surface area contributed by atoms with Gasteiger partial charge in [-0.25, -0.2) is 0 Å². The van der Waals surface area contributed by atoms with Gasteiger partial charge < -0.3 is 20.5 Å². The molecule has 0 aliphatic carbocycles. The first-order chi connectivity index (χ1) is 10.2. The largest absolute Gasteiger partial charge is 0.506 e. The third kappa shape index (κ3) is 2.63. The molecular formula is C16H16N2O3. The molecule has 5 nitrogen and oxygen atoms in total. The summed E-state index contributed by atoms with van der Waals surface area (Å²) in [6.45, 7) is 0.900. The van der Waals surface area contributed by atoms with Gasteiger partial charge in [0.15, 0.2) is 0 Å². The zero-order valence-electron chi connectivity index (χ0n) is 11.6. The molecule has 0 aromatic heterocycles. The lowest BCUT2D eigenvalue weighted by Gasteiger charge is -2.10. The molecule has 0 fully saturated rings. The molecule has 108 valence electrons. The molecule has 5 heteroatoms. The van der Waals surface area contributed by atoms with E-state index in [0.29, 0.717) is 17.0 Å². The molecule has 0 atom stereocenters. The van der Waals surface area contributed by atoms with Crippen LogP contribution in [0.4, 0.5) is 11.4 Å². The molecule has 2 aromatic carbocycles. The first-order valence-corrected chi connectivity index (χ1v) is 6.72. The van der Waals surface area contributed by atoms with Gasteiger partial charge in [0.2, 0.25) is 0 Å². The number of nitrogens with one attached hydrogen (secondary N) is 2. The number of benzene rings is 2. The maximum Gasteiger partial charge on any atom is 0.255 e. The molecule has 0 spiro atoms. The Balaban J connectivity index is 1.83. The SMILES string of the molecule is COc1ccc(O)c(NC(=O)c2ccc3c(c2)NCC3)c1. The van der Waals surface area contributed by atoms with Crippen LogP contribution < -0.4 is 15.4 Å². The van der Waals surface area contributed by atoms with Crippen LogP contribution in [0.15, 0.2) is 36.4 Å². The van der Waals surface area contributed by atoms with Crippen LogP contribution in [0.3, 0.4) is 0 Å². The third-order valence-electron chi connectivity index (χ3n) is 3.53. The molecule has 2 aromatic rings. The maximum atomic E-state index is 12.3. The second-order valence-corrected chi connectivity index (χ2v) is 4.89. The Morgan fingerprint density at radius 1 is 1.29 bits per heavy atom. The number of phenols is 1. The summed E-state index contributed by atoms with van der Waals surface area (Å²) in [6.07, 6.45) is 0.980. The molecule has 3 rings (SSSR count). The van der Waals surface area contributed by atoms with Crippen molar-refractivity contribution in [3.8, 4) is 11.5 Å². The highest BCUT2D eigenvalue weighted by molar-refractivity contribution is 6.05. The fraction of sp³-hybridized carbons (Fsp3) is 0.188. The van der Waals surface area contributed by atoms with Gasteiger partial charge in [-0.2, -0.15) is 0 Å². The number of hydrogen-bond acceptors (Lipinski definition) is 4. The van der Waals surface area contributed by atoms with Crippen LogP contribution in [-0.2, 0) is 6.42 Å². The topological polar surface area (TPSA) is 70.6 Å². The number of anilines is 2. The lowest BCUT2D eigenvalue weighted by Crippen LogP contribution is -2.12. The van der Waals surface area contributed by atoms with E-state index in [0.717, 1.165) is 18.7 Å². The predicted molar refractivity (Wildman–Crippen MR) is 81.2 cm³/mol. The molecular weight excluding hydrogens is 268 g/mol. The molecule has 3 N–H and O–H groups in total. The summed E-state index contributed by atoms with van der Waals surface area (Å²) in [5.74, 6) is 0.303. The van der Waals surface area contributed by atoms with E-state index >= 15 is 0 Å². The summed E-state index contributed by atoms with van der Waals surface area (Å²) in [7, 11) is 1.53. The van der Waals surface area contributed by atoms with E-state index in [2.05, 4.69) is 10.6 Å². The third-order valence-corrected chi connectivity index (χ3v) is 3.53. The minimum absolute atomic E-state index is 0.00318. The lowest BCUT2D eigenvalue weighted by molar-refractivity contribution is 0.102. The van der Waals surface area contributed by atoms with Gasteiger partial charge in [-0.15, -0.1) is 0 Å². The second kappa shape index (κ2) is 5.36. The van der Waals surface area contributed by atoms with E-state index in [9.17, 15) is 9.90 Å². The van der Waals surface area contributed by atoms with Crippen molar-refractivity contribution in [3.63, 3.8) is 0 Å². The summed E-state index contributed by atoms with van der Waals surface area (Å²) in [5, 5.41) is 15.7. The number of carbonyl (C=O) groups excluding carboxylic acids is 1. The Morgan fingerprint density at radius 3 is 2.95 bits per heavy atom. The number of ether oxygens (including phenoxy) is 1. The van der Waals surface area contributed by atoms with Gasteiger partial charge >= 0.3 is 0 Å². The normalized spacial score (nSPS) is 12.4. The van der Waals surface area contributed by atoms with Gasteiger partial charge in [0.1, 0.15) is 11.5 Å². The summed E-state index contributed by atoms with van der Waals surface area (Å²) >= 11 is 0. The van der Waals surface area contributed by atoms with Crippen molar-refractivity contribution in [2.45, 2.75) is 6.42 Å². The zero-order chi connectivity index (χ0) is 14.8. The number of phenolic OH excluding ortho intramolecular Hbond substituents is 1. The zero-order valence-corrected chi connectivity index (χ0v) is 11.6. The van der Waals surface area contributed by atoms with Crippen molar-refractivity contribution in [2.24, 2.45) is 0 Å². The highest BCUT2D eigenvalue weighted by Gasteiger charge is 2.14. The van der Waals surface area contributed by atoms with Gasteiger partial charge in [-0.1, -0.05) is 6.07 Å². The number of amides is 1. The minimum atomic E-state index is -0.268. The number of methoxy groups -OCH3 is 1. The smallest absolute Gasteiger partial charge is 0.255 e. The fourth-order valence-electron chi connectivity index (χ4n) is 2.37. The molecule has 1 aliphatic heterocycles. The Morgan fingerprint density at radius 2 is 2.14 bits per heavy atom. The van der Waals surface area contributed by atoms with Crippen LogP contribution in [-0.4, -0.2) is 24.7 Å². The van der Waals surface area contributed by atoms with Crippen molar-refractivity contribution in [1.82, 2.24) is 0 Å². The second-order valence-electron chi connectivity index (χ2n) is 4.89. The van der Waals surface area contributed by atoms with Crippen LogP contribution in [0.2, 0.25) is 0 Å². The fourth-order valence-corrected chi connectivity index (χ4v) is 2.37. The Bertz CT molecular complexity index is 698. The minimum Gasteiger partial charge on any atom is -0.506 e. The highest BCUT2D eigenvalue weighted by Crippen LogP contribution is 2.29. The molecule has 0 bridgehead atoms. The summed E-state index contributed by atoms with van der Waals surface area (Å²) < 4.78 is 5.09. The van der Waals surface area contributed by atoms with Crippen molar-refractivity contribution in [2.75, 3.05) is 24.3 Å². The molecule has 0 saturated heterocycles. The number of rotatable bonds is 3. The summed E-state index contributed by atoms with van der Waals surface area (Å²) in [4.78, 5) is 12.3. The molecule has 1 heterocycles. The van der Waals surface area contributed by atoms with Gasteiger partial charge in [0, 0.05) is 23.9 Å². The number of aromatic hydroxyl groups is 1. The molecule has 0 saturated carbocycles. The van der Waals surface area contributed by atoms with E-state index < -0.39 is 0 Å². The van der Waals surface area contributed by atoms with Crippen molar-refractivity contribution < 1.29 is 14.6 Å². The summed E-state index contributed by atoms with van der Waals surface area (Å²) in [5.41, 5.74) is 3.09. The quantitative estimate of drug-likeness (QED) is 0.758. The van der Waals surface area contributed by atoms with Crippen LogP contribution in [0, 0.1) is 0 Å². The number of carbonyl (C=O) groups is 1. The molecule has 1 amide bonds. The number of fused-ring (bicyclic) bond motifs is 1. The lowest BCUT2D eigenvalue weighted by atomic mass is 10.1. The number of hydrogen-bond donors (Lipinski definition) is 3. The molecule has 21 heavy (non-hydrogen) atoms. The van der Waals surface area contributed by atoms with E-state index in [1.165, 1.54) is 18.7 Å². The molecule has 1 aliphatic rings. The first kappa shape index (κ1) is 13.3. The first-order valence-electron chi connectivity index (χ1n) is 6.72. The maximum absolute atomic E-state index is 12.3. The van der Waals surface area contributed by atoms with E-state index in [1.807, 2.05) is 12.1 Å². The average Bonchev–Trinajstić information content (AvgIpc) is 2.96. The van der Waals surface area contributed by atoms with E-state index in [1.54, 1.807) is 18.2 Å². The molecule has 0 unspecified atom stereocenters. The molecule has 0 radical (unpaired) electrons. The van der Waals surface area contributed by atoms with Crippen LogP contribution in [0.25, 0.3) is 0 Å². The standard InChI is InChI=1S/C16H16N2O3/c1-21-12-4-5-15(19)14(9-12)18-16(20)11-3-2-10-6-7-17-13(10)8-11/h2-5,8-9,17,19H,6-7H2,1H3,(H,18,20). The van der Waals surface area contributed by atoms with Crippen molar-refractivity contribution >= 4 is 17.3 Å². The van der Waals surface area contributed by atoms with E-state index in [4.69, 9.17) is 4.74 Å². The van der Waals surface area contributed by atoms with Crippen molar-refractivity contribution in [3.05, 3.63) is 47.5 Å².